The van der Waals surface area contributed by atoms with Gasteiger partial charge in [-0.15, -0.1) is 0 Å². The molecule has 0 N–H and O–H groups in total. The summed E-state index contributed by atoms with van der Waals surface area (Å²) >= 11 is 0. The first-order valence-electron chi connectivity index (χ1n) is 9.74. The minimum atomic E-state index is 0.699. The Labute approximate surface area is 137 Å². The van der Waals surface area contributed by atoms with E-state index in [1.54, 1.807) is 0 Å². The van der Waals surface area contributed by atoms with Crippen molar-refractivity contribution in [2.75, 3.05) is 45.8 Å². The highest BCUT2D eigenvalue weighted by atomic mass is 15.3. The topological polar surface area (TPSA) is 9.72 Å². The molecular weight excluding hydrogens is 270 g/mol. The third-order valence-electron chi connectivity index (χ3n) is 7.39. The van der Waals surface area contributed by atoms with Gasteiger partial charge in [-0.1, -0.05) is 6.92 Å². The number of piperidine rings is 1. The van der Waals surface area contributed by atoms with Crippen LogP contribution in [0, 0.1) is 10.8 Å². The van der Waals surface area contributed by atoms with Gasteiger partial charge in [0.05, 0.1) is 0 Å². The van der Waals surface area contributed by atoms with Gasteiger partial charge >= 0.3 is 0 Å². The van der Waals surface area contributed by atoms with Crippen molar-refractivity contribution in [2.24, 2.45) is 10.8 Å². The third-order valence-corrected chi connectivity index (χ3v) is 7.39. The van der Waals surface area contributed by atoms with Crippen molar-refractivity contribution < 1.29 is 0 Å². The lowest BCUT2D eigenvalue weighted by Gasteiger charge is -2.57. The van der Waals surface area contributed by atoms with Crippen LogP contribution in [0.3, 0.4) is 0 Å². The van der Waals surface area contributed by atoms with E-state index in [0.29, 0.717) is 5.41 Å². The van der Waals surface area contributed by atoms with E-state index in [4.69, 9.17) is 0 Å². The summed E-state index contributed by atoms with van der Waals surface area (Å²) in [7, 11) is 0. The molecule has 126 valence electrons. The van der Waals surface area contributed by atoms with Crippen molar-refractivity contribution in [3.05, 3.63) is 0 Å². The monoisotopic (exact) mass is 305 g/mol. The summed E-state index contributed by atoms with van der Waals surface area (Å²) in [4.78, 5) is 8.20. The first-order chi connectivity index (χ1) is 10.5. The minimum Gasteiger partial charge on any atom is -0.300 e. The highest BCUT2D eigenvalue weighted by Crippen LogP contribution is 2.50. The van der Waals surface area contributed by atoms with E-state index in [1.165, 1.54) is 77.9 Å². The summed E-state index contributed by atoms with van der Waals surface area (Å²) in [6, 6.07) is 1.63. The molecule has 3 saturated heterocycles. The molecule has 0 atom stereocenters. The van der Waals surface area contributed by atoms with Gasteiger partial charge in [0.25, 0.3) is 0 Å². The molecule has 22 heavy (non-hydrogen) atoms. The lowest BCUT2D eigenvalue weighted by atomic mass is 9.71. The van der Waals surface area contributed by atoms with E-state index in [2.05, 4.69) is 35.5 Å². The number of rotatable bonds is 5. The molecule has 3 aliphatic heterocycles. The Morgan fingerprint density at radius 2 is 1.64 bits per heavy atom. The first-order valence-corrected chi connectivity index (χ1v) is 9.74. The van der Waals surface area contributed by atoms with Crippen LogP contribution in [0.2, 0.25) is 0 Å². The lowest BCUT2D eigenvalue weighted by Crippen LogP contribution is -2.66. The number of hydrogen-bond acceptors (Lipinski definition) is 3. The summed E-state index contributed by atoms with van der Waals surface area (Å²) in [5.74, 6) is 0. The van der Waals surface area contributed by atoms with Gasteiger partial charge in [0.1, 0.15) is 0 Å². The molecule has 0 aromatic rings. The van der Waals surface area contributed by atoms with E-state index >= 15 is 0 Å². The summed E-state index contributed by atoms with van der Waals surface area (Å²) in [6.07, 6.45) is 7.27. The van der Waals surface area contributed by atoms with Gasteiger partial charge < -0.3 is 0 Å². The van der Waals surface area contributed by atoms with Crippen molar-refractivity contribution >= 4 is 0 Å². The standard InChI is InChI=1S/C19H35N3/c1-4-18(5-6-18)13-20-11-17(12-20)21-9-7-19(8-10-21)14-22(15-19)16(2)3/h16-17H,4-15H2,1-3H3. The third kappa shape index (κ3) is 2.74. The van der Waals surface area contributed by atoms with Crippen LogP contribution < -0.4 is 0 Å². The molecule has 4 fully saturated rings. The summed E-state index contributed by atoms with van der Waals surface area (Å²) in [5, 5.41) is 0. The molecule has 4 rings (SSSR count). The van der Waals surface area contributed by atoms with Crippen LogP contribution >= 0.6 is 0 Å². The molecule has 1 spiro atoms. The second kappa shape index (κ2) is 5.46. The summed E-state index contributed by atoms with van der Waals surface area (Å²) in [5.41, 5.74) is 1.44. The quantitative estimate of drug-likeness (QED) is 0.773. The second-order valence-corrected chi connectivity index (χ2v) is 9.24. The minimum absolute atomic E-state index is 0.699. The maximum Gasteiger partial charge on any atom is 0.0350 e. The molecule has 1 aliphatic carbocycles. The molecule has 4 aliphatic rings. The molecule has 0 aromatic carbocycles. The molecule has 3 nitrogen and oxygen atoms in total. The smallest absolute Gasteiger partial charge is 0.0350 e. The molecule has 0 amide bonds. The number of nitrogens with zero attached hydrogens (tertiary/aromatic N) is 3. The largest absolute Gasteiger partial charge is 0.300 e. The van der Waals surface area contributed by atoms with Crippen LogP contribution in [-0.4, -0.2) is 72.6 Å². The van der Waals surface area contributed by atoms with Crippen molar-refractivity contribution in [1.29, 1.82) is 0 Å². The molecule has 0 bridgehead atoms. The lowest BCUT2D eigenvalue weighted by molar-refractivity contribution is -0.0830. The van der Waals surface area contributed by atoms with E-state index in [1.807, 2.05) is 0 Å². The van der Waals surface area contributed by atoms with Crippen LogP contribution in [0.5, 0.6) is 0 Å². The van der Waals surface area contributed by atoms with Gasteiger partial charge in [-0.3, -0.25) is 14.7 Å². The molecule has 3 heterocycles. The van der Waals surface area contributed by atoms with Gasteiger partial charge in [-0.25, -0.2) is 0 Å². The normalized spacial score (nSPS) is 32.2. The van der Waals surface area contributed by atoms with Crippen LogP contribution in [0.15, 0.2) is 0 Å². The first kappa shape index (κ1) is 15.4. The zero-order valence-electron chi connectivity index (χ0n) is 15.0. The Bertz CT molecular complexity index is 393. The fourth-order valence-corrected chi connectivity index (χ4v) is 5.04. The van der Waals surface area contributed by atoms with Crippen molar-refractivity contribution in [3.8, 4) is 0 Å². The maximum absolute atomic E-state index is 2.81. The van der Waals surface area contributed by atoms with Crippen LogP contribution in [0.1, 0.15) is 52.9 Å². The SMILES string of the molecule is CCC1(CN2CC(N3CCC4(CC3)CN(C(C)C)C4)C2)CC1. The summed E-state index contributed by atoms with van der Waals surface area (Å²) < 4.78 is 0. The number of hydrogen-bond donors (Lipinski definition) is 0. The molecular formula is C19H35N3. The van der Waals surface area contributed by atoms with E-state index in [0.717, 1.165) is 17.5 Å². The molecule has 0 unspecified atom stereocenters. The summed E-state index contributed by atoms with van der Waals surface area (Å²) in [6.45, 7) is 16.6. The Morgan fingerprint density at radius 3 is 2.14 bits per heavy atom. The van der Waals surface area contributed by atoms with Crippen molar-refractivity contribution in [3.63, 3.8) is 0 Å². The van der Waals surface area contributed by atoms with Gasteiger partial charge in [-0.05, 0) is 69.9 Å². The highest BCUT2D eigenvalue weighted by Gasteiger charge is 2.48. The number of likely N-dealkylation sites (tertiary alicyclic amines) is 3. The molecule has 0 radical (unpaired) electrons. The molecule has 0 aromatic heterocycles. The van der Waals surface area contributed by atoms with Crippen molar-refractivity contribution in [2.45, 2.75) is 65.0 Å². The molecule has 1 saturated carbocycles. The predicted octanol–water partition coefficient (Wildman–Crippen LogP) is 2.67. The van der Waals surface area contributed by atoms with Gasteiger partial charge in [-0.2, -0.15) is 0 Å². The van der Waals surface area contributed by atoms with Crippen LogP contribution in [0.25, 0.3) is 0 Å². The van der Waals surface area contributed by atoms with Gasteiger partial charge in [0.2, 0.25) is 0 Å². The Kier molecular flexibility index (Phi) is 3.82. The average Bonchev–Trinajstić information content (AvgIpc) is 3.20. The van der Waals surface area contributed by atoms with Gasteiger partial charge in [0.15, 0.2) is 0 Å². The maximum atomic E-state index is 2.81. The predicted molar refractivity (Wildman–Crippen MR) is 92.1 cm³/mol. The Morgan fingerprint density at radius 1 is 1.00 bits per heavy atom. The van der Waals surface area contributed by atoms with Crippen LogP contribution in [-0.2, 0) is 0 Å². The van der Waals surface area contributed by atoms with E-state index in [9.17, 15) is 0 Å². The fourth-order valence-electron chi connectivity index (χ4n) is 5.04. The van der Waals surface area contributed by atoms with E-state index < -0.39 is 0 Å². The second-order valence-electron chi connectivity index (χ2n) is 9.24. The van der Waals surface area contributed by atoms with Gasteiger partial charge in [0, 0.05) is 44.8 Å². The zero-order valence-corrected chi connectivity index (χ0v) is 15.0. The van der Waals surface area contributed by atoms with E-state index in [-0.39, 0.29) is 0 Å². The zero-order chi connectivity index (χ0) is 15.4. The fraction of sp³-hybridized carbons (Fsp3) is 1.00. The molecule has 3 heteroatoms. The average molecular weight is 306 g/mol. The van der Waals surface area contributed by atoms with Crippen molar-refractivity contribution in [1.82, 2.24) is 14.7 Å². The van der Waals surface area contributed by atoms with Crippen LogP contribution in [0.4, 0.5) is 0 Å². The Balaban J connectivity index is 1.18. The Hall–Kier alpha value is -0.120. The highest BCUT2D eigenvalue weighted by molar-refractivity contribution is 5.03.